The first-order valence-corrected chi connectivity index (χ1v) is 7.20. The molecule has 1 aliphatic heterocycles. The minimum atomic E-state index is 0.328. The molecule has 0 saturated heterocycles. The van der Waals surface area contributed by atoms with E-state index >= 15 is 0 Å². The molecule has 21 heavy (non-hydrogen) atoms. The van der Waals surface area contributed by atoms with Crippen molar-refractivity contribution in [2.45, 2.75) is 32.4 Å². The number of hydrogen-bond donors (Lipinski definition) is 1. The Morgan fingerprint density at radius 2 is 2.14 bits per heavy atom. The molecular formula is C16H19N3O2. The number of ether oxygens (including phenoxy) is 2. The second-order valence-corrected chi connectivity index (χ2v) is 5.22. The van der Waals surface area contributed by atoms with E-state index in [9.17, 15) is 0 Å². The summed E-state index contributed by atoms with van der Waals surface area (Å²) in [6.07, 6.45) is 3.75. The Morgan fingerprint density at radius 3 is 3.00 bits per heavy atom. The maximum absolute atomic E-state index is 5.40. The summed E-state index contributed by atoms with van der Waals surface area (Å²) in [7, 11) is 0. The molecule has 0 saturated carbocycles. The molecule has 5 heteroatoms. The van der Waals surface area contributed by atoms with Crippen LogP contribution in [0.15, 0.2) is 36.5 Å². The second kappa shape index (κ2) is 6.54. The van der Waals surface area contributed by atoms with Crippen molar-refractivity contribution in [3.8, 4) is 11.5 Å². The average molecular weight is 285 g/mol. The predicted octanol–water partition coefficient (Wildman–Crippen LogP) is 2.32. The van der Waals surface area contributed by atoms with E-state index in [0.717, 1.165) is 36.6 Å². The van der Waals surface area contributed by atoms with Crippen molar-refractivity contribution in [2.75, 3.05) is 6.79 Å². The van der Waals surface area contributed by atoms with Crippen molar-refractivity contribution in [2.24, 2.45) is 0 Å². The third kappa shape index (κ3) is 3.70. The number of nitrogens with one attached hydrogen (secondary N) is 1. The highest BCUT2D eigenvalue weighted by Gasteiger charge is 2.13. The first-order chi connectivity index (χ1) is 10.3. The largest absolute Gasteiger partial charge is 0.454 e. The van der Waals surface area contributed by atoms with Gasteiger partial charge in [-0.1, -0.05) is 6.07 Å². The molecule has 110 valence electrons. The maximum atomic E-state index is 5.40. The van der Waals surface area contributed by atoms with Gasteiger partial charge < -0.3 is 14.8 Å². The summed E-state index contributed by atoms with van der Waals surface area (Å²) < 4.78 is 10.7. The van der Waals surface area contributed by atoms with Crippen molar-refractivity contribution in [3.05, 3.63) is 47.8 Å². The zero-order chi connectivity index (χ0) is 14.5. The summed E-state index contributed by atoms with van der Waals surface area (Å²) in [4.78, 5) is 0. The van der Waals surface area contributed by atoms with Crippen LogP contribution >= 0.6 is 0 Å². The average Bonchev–Trinajstić information content (AvgIpc) is 2.99. The van der Waals surface area contributed by atoms with Crippen LogP contribution in [-0.2, 0) is 13.0 Å². The molecule has 2 heterocycles. The molecule has 0 radical (unpaired) electrons. The lowest BCUT2D eigenvalue weighted by molar-refractivity contribution is 0.174. The van der Waals surface area contributed by atoms with Gasteiger partial charge in [-0.3, -0.25) is 0 Å². The number of fused-ring (bicyclic) bond motifs is 1. The summed E-state index contributed by atoms with van der Waals surface area (Å²) in [6.45, 7) is 3.26. The van der Waals surface area contributed by atoms with E-state index in [1.165, 1.54) is 5.56 Å². The quantitative estimate of drug-likeness (QED) is 0.882. The molecule has 0 amide bonds. The van der Waals surface area contributed by atoms with Gasteiger partial charge in [-0.15, -0.1) is 0 Å². The molecule has 0 fully saturated rings. The molecule has 5 nitrogen and oxygen atoms in total. The van der Waals surface area contributed by atoms with Gasteiger partial charge in [0.2, 0.25) is 6.79 Å². The molecular weight excluding hydrogens is 266 g/mol. The van der Waals surface area contributed by atoms with Crippen LogP contribution in [0.4, 0.5) is 0 Å². The summed E-state index contributed by atoms with van der Waals surface area (Å²) >= 11 is 0. The van der Waals surface area contributed by atoms with Gasteiger partial charge >= 0.3 is 0 Å². The third-order valence-corrected chi connectivity index (χ3v) is 3.56. The number of hydrogen-bond acceptors (Lipinski definition) is 5. The Labute approximate surface area is 124 Å². The fourth-order valence-electron chi connectivity index (χ4n) is 2.29. The molecule has 2 aromatic rings. The number of rotatable bonds is 6. The lowest BCUT2D eigenvalue weighted by Gasteiger charge is -2.13. The molecule has 1 aromatic carbocycles. The maximum Gasteiger partial charge on any atom is 0.231 e. The van der Waals surface area contributed by atoms with Gasteiger partial charge in [0.15, 0.2) is 11.5 Å². The van der Waals surface area contributed by atoms with Gasteiger partial charge in [0.05, 0.1) is 5.69 Å². The van der Waals surface area contributed by atoms with Crippen molar-refractivity contribution in [1.29, 1.82) is 0 Å². The van der Waals surface area contributed by atoms with Crippen LogP contribution in [0.25, 0.3) is 0 Å². The molecule has 0 aliphatic carbocycles. The van der Waals surface area contributed by atoms with Gasteiger partial charge in [-0.05, 0) is 49.6 Å². The summed E-state index contributed by atoms with van der Waals surface area (Å²) in [5.74, 6) is 1.69. The van der Waals surface area contributed by atoms with Crippen molar-refractivity contribution in [3.63, 3.8) is 0 Å². The van der Waals surface area contributed by atoms with E-state index in [1.54, 1.807) is 6.20 Å². The van der Waals surface area contributed by atoms with Crippen molar-refractivity contribution >= 4 is 0 Å². The van der Waals surface area contributed by atoms with Gasteiger partial charge in [-0.25, -0.2) is 0 Å². The minimum Gasteiger partial charge on any atom is -0.454 e. The molecule has 1 atom stereocenters. The van der Waals surface area contributed by atoms with Gasteiger partial charge in [-0.2, -0.15) is 10.2 Å². The molecule has 1 aromatic heterocycles. The van der Waals surface area contributed by atoms with Crippen LogP contribution in [0.5, 0.6) is 11.5 Å². The Balaban J connectivity index is 1.46. The number of aromatic nitrogens is 2. The van der Waals surface area contributed by atoms with Gasteiger partial charge in [0, 0.05) is 18.8 Å². The SMILES string of the molecule is CC(CCc1ccc2c(c1)OCO2)NCc1cccnn1. The van der Waals surface area contributed by atoms with E-state index in [0.29, 0.717) is 12.8 Å². The Morgan fingerprint density at radius 1 is 1.24 bits per heavy atom. The highest BCUT2D eigenvalue weighted by molar-refractivity contribution is 5.44. The first kappa shape index (κ1) is 13.8. The van der Waals surface area contributed by atoms with Crippen molar-refractivity contribution < 1.29 is 9.47 Å². The molecule has 1 unspecified atom stereocenters. The molecule has 0 bridgehead atoms. The van der Waals surface area contributed by atoms with E-state index in [4.69, 9.17) is 9.47 Å². The smallest absolute Gasteiger partial charge is 0.231 e. The number of nitrogens with zero attached hydrogens (tertiary/aromatic N) is 2. The lowest BCUT2D eigenvalue weighted by Crippen LogP contribution is -2.26. The number of benzene rings is 1. The van der Waals surface area contributed by atoms with E-state index < -0.39 is 0 Å². The van der Waals surface area contributed by atoms with Crippen molar-refractivity contribution in [1.82, 2.24) is 15.5 Å². The number of aryl methyl sites for hydroxylation is 1. The Bertz CT molecular complexity index is 589. The van der Waals surface area contributed by atoms with Crippen LogP contribution in [0.1, 0.15) is 24.6 Å². The van der Waals surface area contributed by atoms with Crippen LogP contribution < -0.4 is 14.8 Å². The standard InChI is InChI=1S/C16H19N3O2/c1-12(17-10-14-3-2-8-18-19-14)4-5-13-6-7-15-16(9-13)21-11-20-15/h2-3,6-9,12,17H,4-5,10-11H2,1H3. The fraction of sp³-hybridized carbons (Fsp3) is 0.375. The second-order valence-electron chi connectivity index (χ2n) is 5.22. The highest BCUT2D eigenvalue weighted by atomic mass is 16.7. The van der Waals surface area contributed by atoms with E-state index in [2.05, 4.69) is 34.6 Å². The van der Waals surface area contributed by atoms with Crippen LogP contribution in [0.3, 0.4) is 0 Å². The minimum absolute atomic E-state index is 0.328. The van der Waals surface area contributed by atoms with E-state index in [1.807, 2.05) is 18.2 Å². The normalized spacial score (nSPS) is 14.1. The summed E-state index contributed by atoms with van der Waals surface area (Å²) in [5, 5.41) is 11.4. The molecule has 1 N–H and O–H groups in total. The lowest BCUT2D eigenvalue weighted by atomic mass is 10.1. The molecule has 0 spiro atoms. The molecule has 1 aliphatic rings. The van der Waals surface area contributed by atoms with Crippen LogP contribution in [0.2, 0.25) is 0 Å². The zero-order valence-electron chi connectivity index (χ0n) is 12.1. The topological polar surface area (TPSA) is 56.3 Å². The van der Waals surface area contributed by atoms with Gasteiger partial charge in [0.1, 0.15) is 0 Å². The summed E-state index contributed by atoms with van der Waals surface area (Å²) in [6, 6.07) is 10.4. The van der Waals surface area contributed by atoms with Gasteiger partial charge in [0.25, 0.3) is 0 Å². The Hall–Kier alpha value is -2.14. The monoisotopic (exact) mass is 285 g/mol. The van der Waals surface area contributed by atoms with Crippen LogP contribution in [0, 0.1) is 0 Å². The highest BCUT2D eigenvalue weighted by Crippen LogP contribution is 2.32. The summed E-state index contributed by atoms with van der Waals surface area (Å²) in [5.41, 5.74) is 2.24. The Kier molecular flexibility index (Phi) is 4.31. The fourth-order valence-corrected chi connectivity index (χ4v) is 2.29. The van der Waals surface area contributed by atoms with Crippen LogP contribution in [-0.4, -0.2) is 23.0 Å². The predicted molar refractivity (Wildman–Crippen MR) is 79.2 cm³/mol. The zero-order valence-corrected chi connectivity index (χ0v) is 12.1. The first-order valence-electron chi connectivity index (χ1n) is 7.20. The van der Waals surface area contributed by atoms with E-state index in [-0.39, 0.29) is 0 Å². The molecule has 3 rings (SSSR count). The third-order valence-electron chi connectivity index (χ3n) is 3.56.